The van der Waals surface area contributed by atoms with E-state index in [1.54, 1.807) is 0 Å². The van der Waals surface area contributed by atoms with E-state index >= 15 is 0 Å². The normalized spacial score (nSPS) is 12.5. The van der Waals surface area contributed by atoms with Crippen LogP contribution in [0.3, 0.4) is 0 Å². The average molecular weight is 295 g/mol. The zero-order chi connectivity index (χ0) is 15.9. The molecule has 0 aromatic heterocycles. The van der Waals surface area contributed by atoms with Gasteiger partial charge < -0.3 is 10.8 Å². The van der Waals surface area contributed by atoms with Crippen LogP contribution in [0.15, 0.2) is 48.5 Å². The van der Waals surface area contributed by atoms with Crippen molar-refractivity contribution in [3.63, 3.8) is 0 Å². The van der Waals surface area contributed by atoms with Crippen molar-refractivity contribution in [3.8, 4) is 0 Å². The van der Waals surface area contributed by atoms with Crippen molar-refractivity contribution in [1.82, 2.24) is 0 Å². The van der Waals surface area contributed by atoms with Crippen LogP contribution in [0.1, 0.15) is 28.7 Å². The van der Waals surface area contributed by atoms with Gasteiger partial charge in [0, 0.05) is 0 Å². The third-order valence-corrected chi connectivity index (χ3v) is 3.59. The van der Waals surface area contributed by atoms with Crippen LogP contribution in [0.2, 0.25) is 0 Å². The zero-order valence-corrected chi connectivity index (χ0v) is 12.7. The minimum Gasteiger partial charge on any atom is -0.480 e. The number of carbonyl (C=O) groups is 1. The maximum atomic E-state index is 10.7. The summed E-state index contributed by atoms with van der Waals surface area (Å²) in [6, 6.07) is 15.7. The van der Waals surface area contributed by atoms with E-state index in [-0.39, 0.29) is 0 Å². The fourth-order valence-electron chi connectivity index (χ4n) is 2.11. The molecule has 0 aliphatic carbocycles. The molecule has 114 valence electrons. The molecule has 0 radical (unpaired) electrons. The van der Waals surface area contributed by atoms with Gasteiger partial charge in [-0.05, 0) is 36.5 Å². The van der Waals surface area contributed by atoms with Crippen LogP contribution in [0.25, 0.3) is 12.2 Å². The van der Waals surface area contributed by atoms with Crippen molar-refractivity contribution in [2.45, 2.75) is 25.8 Å². The highest BCUT2D eigenvalue weighted by Crippen LogP contribution is 2.12. The van der Waals surface area contributed by atoms with Gasteiger partial charge in [-0.15, -0.1) is 0 Å². The van der Waals surface area contributed by atoms with Gasteiger partial charge in [-0.25, -0.2) is 0 Å². The summed E-state index contributed by atoms with van der Waals surface area (Å²) in [5.74, 6) is -0.947. The molecular formula is C19H21NO2. The predicted octanol–water partition coefficient (Wildman–Crippen LogP) is 3.51. The molecule has 0 heterocycles. The number of aliphatic carboxylic acids is 1. The zero-order valence-electron chi connectivity index (χ0n) is 12.7. The van der Waals surface area contributed by atoms with E-state index in [1.807, 2.05) is 24.3 Å². The third kappa shape index (κ3) is 4.86. The van der Waals surface area contributed by atoms with E-state index in [9.17, 15) is 4.79 Å². The smallest absolute Gasteiger partial charge is 0.320 e. The number of nitrogens with two attached hydrogens (primary N) is 1. The number of carboxylic acids is 1. The van der Waals surface area contributed by atoms with Gasteiger partial charge in [-0.3, -0.25) is 4.79 Å². The molecule has 3 N–H and O–H groups in total. The van der Waals surface area contributed by atoms with Gasteiger partial charge in [0.15, 0.2) is 0 Å². The lowest BCUT2D eigenvalue weighted by atomic mass is 10.0. The van der Waals surface area contributed by atoms with Gasteiger partial charge in [0.2, 0.25) is 0 Å². The summed E-state index contributed by atoms with van der Waals surface area (Å²) in [7, 11) is 0. The standard InChI is InChI=1S/C19H21NO2/c1-14-2-4-15(5-3-14)6-7-16-8-10-17(11-9-16)12-13-18(20)19(21)22/h2-11,18H,12-13,20H2,1H3,(H,21,22)/b7-6+/t18-/m0/s1. The lowest BCUT2D eigenvalue weighted by molar-refractivity contribution is -0.138. The largest absolute Gasteiger partial charge is 0.480 e. The Kier molecular flexibility index (Phi) is 5.50. The van der Waals surface area contributed by atoms with Crippen molar-refractivity contribution in [2.24, 2.45) is 5.73 Å². The summed E-state index contributed by atoms with van der Waals surface area (Å²) in [5.41, 5.74) is 10.1. The first-order chi connectivity index (χ1) is 10.5. The van der Waals surface area contributed by atoms with Crippen molar-refractivity contribution in [2.75, 3.05) is 0 Å². The molecule has 22 heavy (non-hydrogen) atoms. The number of hydrogen-bond donors (Lipinski definition) is 2. The van der Waals surface area contributed by atoms with Crippen LogP contribution >= 0.6 is 0 Å². The molecule has 0 unspecified atom stereocenters. The molecule has 0 aliphatic heterocycles. The number of benzene rings is 2. The SMILES string of the molecule is Cc1ccc(/C=C/c2ccc(CC[C@H](N)C(=O)O)cc2)cc1. The number of carboxylic acid groups (broad SMARTS) is 1. The molecule has 3 heteroatoms. The Morgan fingerprint density at radius 2 is 1.55 bits per heavy atom. The fraction of sp³-hybridized carbons (Fsp3) is 0.211. The summed E-state index contributed by atoms with van der Waals surface area (Å²) < 4.78 is 0. The summed E-state index contributed by atoms with van der Waals surface area (Å²) in [5, 5.41) is 8.77. The van der Waals surface area contributed by atoms with Crippen LogP contribution in [-0.2, 0) is 11.2 Å². The van der Waals surface area contributed by atoms with Gasteiger partial charge in [0.1, 0.15) is 6.04 Å². The Morgan fingerprint density at radius 3 is 2.05 bits per heavy atom. The molecule has 0 saturated heterocycles. The first-order valence-corrected chi connectivity index (χ1v) is 7.36. The Labute approximate surface area is 131 Å². The van der Waals surface area contributed by atoms with Crippen LogP contribution < -0.4 is 5.73 Å². The Hall–Kier alpha value is -2.39. The van der Waals surface area contributed by atoms with Gasteiger partial charge in [0.25, 0.3) is 0 Å². The lowest BCUT2D eigenvalue weighted by Gasteiger charge is -2.06. The molecule has 0 saturated carbocycles. The van der Waals surface area contributed by atoms with Crippen molar-refractivity contribution in [3.05, 3.63) is 70.8 Å². The quantitative estimate of drug-likeness (QED) is 0.802. The molecule has 0 aliphatic rings. The minimum absolute atomic E-state index is 0.452. The molecule has 0 spiro atoms. The molecule has 0 bridgehead atoms. The molecule has 0 fully saturated rings. The molecule has 1 atom stereocenters. The number of rotatable bonds is 6. The van der Waals surface area contributed by atoms with Crippen LogP contribution in [0.4, 0.5) is 0 Å². The predicted molar refractivity (Wildman–Crippen MR) is 90.5 cm³/mol. The monoisotopic (exact) mass is 295 g/mol. The first kappa shape index (κ1) is 16.0. The van der Waals surface area contributed by atoms with Gasteiger partial charge >= 0.3 is 5.97 Å². The Balaban J connectivity index is 1.94. The van der Waals surface area contributed by atoms with E-state index in [1.165, 1.54) is 11.1 Å². The highest BCUT2D eigenvalue weighted by atomic mass is 16.4. The summed E-state index contributed by atoms with van der Waals surface area (Å²) in [6.45, 7) is 2.07. The van der Waals surface area contributed by atoms with E-state index in [0.29, 0.717) is 12.8 Å². The Morgan fingerprint density at radius 1 is 1.05 bits per heavy atom. The Bertz CT molecular complexity index is 642. The molecule has 2 aromatic rings. The van der Waals surface area contributed by atoms with Crippen LogP contribution in [0.5, 0.6) is 0 Å². The number of aryl methyl sites for hydroxylation is 2. The van der Waals surface area contributed by atoms with Gasteiger partial charge in [-0.2, -0.15) is 0 Å². The van der Waals surface area contributed by atoms with Crippen molar-refractivity contribution < 1.29 is 9.90 Å². The molecule has 0 amide bonds. The average Bonchev–Trinajstić information content (AvgIpc) is 2.53. The second kappa shape index (κ2) is 7.57. The van der Waals surface area contributed by atoms with Gasteiger partial charge in [0.05, 0.1) is 0 Å². The maximum Gasteiger partial charge on any atom is 0.320 e. The van der Waals surface area contributed by atoms with Crippen molar-refractivity contribution in [1.29, 1.82) is 0 Å². The summed E-state index contributed by atoms with van der Waals surface area (Å²) in [4.78, 5) is 10.7. The number of hydrogen-bond acceptors (Lipinski definition) is 2. The van der Waals surface area contributed by atoms with Crippen LogP contribution in [-0.4, -0.2) is 17.1 Å². The van der Waals surface area contributed by atoms with E-state index in [4.69, 9.17) is 10.8 Å². The van der Waals surface area contributed by atoms with Crippen LogP contribution in [0, 0.1) is 6.92 Å². The summed E-state index contributed by atoms with van der Waals surface area (Å²) in [6.07, 6.45) is 5.27. The second-order valence-electron chi connectivity index (χ2n) is 5.47. The highest BCUT2D eigenvalue weighted by Gasteiger charge is 2.10. The second-order valence-corrected chi connectivity index (χ2v) is 5.47. The molecule has 3 nitrogen and oxygen atoms in total. The lowest BCUT2D eigenvalue weighted by Crippen LogP contribution is -2.30. The molecule has 2 aromatic carbocycles. The van der Waals surface area contributed by atoms with Crippen molar-refractivity contribution >= 4 is 18.1 Å². The fourth-order valence-corrected chi connectivity index (χ4v) is 2.11. The summed E-state index contributed by atoms with van der Waals surface area (Å²) >= 11 is 0. The van der Waals surface area contributed by atoms with E-state index in [0.717, 1.165) is 11.1 Å². The third-order valence-electron chi connectivity index (χ3n) is 3.59. The molecule has 2 rings (SSSR count). The maximum absolute atomic E-state index is 10.7. The molecular weight excluding hydrogens is 274 g/mol. The first-order valence-electron chi connectivity index (χ1n) is 7.36. The minimum atomic E-state index is -0.947. The van der Waals surface area contributed by atoms with E-state index < -0.39 is 12.0 Å². The van der Waals surface area contributed by atoms with E-state index in [2.05, 4.69) is 43.3 Å². The van der Waals surface area contributed by atoms with Gasteiger partial charge in [-0.1, -0.05) is 66.2 Å². The topological polar surface area (TPSA) is 63.3 Å². The highest BCUT2D eigenvalue weighted by molar-refractivity contribution is 5.73.